The van der Waals surface area contributed by atoms with Crippen molar-refractivity contribution in [1.29, 1.82) is 0 Å². The van der Waals surface area contributed by atoms with E-state index < -0.39 is 12.4 Å². The molecule has 0 aromatic rings. The minimum atomic E-state index is -0.641. The molecule has 0 aliphatic rings. The summed E-state index contributed by atoms with van der Waals surface area (Å²) in [6.07, 6.45) is -0.559. The molecule has 0 aliphatic carbocycles. The zero-order valence-corrected chi connectivity index (χ0v) is 13.4. The molecule has 20 heavy (non-hydrogen) atoms. The van der Waals surface area contributed by atoms with Crippen molar-refractivity contribution in [2.45, 2.75) is 65.6 Å². The van der Waals surface area contributed by atoms with Crippen LogP contribution in [-0.4, -0.2) is 66.3 Å². The molecule has 0 bridgehead atoms. The van der Waals surface area contributed by atoms with E-state index in [1.807, 2.05) is 20.8 Å². The zero-order valence-electron chi connectivity index (χ0n) is 13.4. The molecule has 0 amide bonds. The number of aliphatic hydroxyl groups is 3. The molecule has 0 aromatic heterocycles. The Morgan fingerprint density at radius 2 is 1.45 bits per heavy atom. The summed E-state index contributed by atoms with van der Waals surface area (Å²) in [4.78, 5) is 0. The van der Waals surface area contributed by atoms with Crippen molar-refractivity contribution in [2.75, 3.05) is 26.4 Å². The molecule has 0 rings (SSSR count). The Labute approximate surface area is 122 Å². The van der Waals surface area contributed by atoms with E-state index in [2.05, 4.69) is 0 Å². The summed E-state index contributed by atoms with van der Waals surface area (Å²) in [5, 5.41) is 26.1. The molecule has 0 fully saturated rings. The SMILES string of the molecule is CC(O)COC(C)CO.CCOC(C)COC(O)CC. The predicted molar refractivity (Wildman–Crippen MR) is 77.5 cm³/mol. The highest BCUT2D eigenvalue weighted by atomic mass is 16.6. The van der Waals surface area contributed by atoms with E-state index >= 15 is 0 Å². The van der Waals surface area contributed by atoms with Gasteiger partial charge in [-0.15, -0.1) is 0 Å². The van der Waals surface area contributed by atoms with Gasteiger partial charge >= 0.3 is 0 Å². The van der Waals surface area contributed by atoms with Gasteiger partial charge in [0.25, 0.3) is 0 Å². The van der Waals surface area contributed by atoms with Crippen LogP contribution in [0.5, 0.6) is 0 Å². The van der Waals surface area contributed by atoms with Gasteiger partial charge in [-0.1, -0.05) is 6.92 Å². The number of hydrogen-bond acceptors (Lipinski definition) is 6. The molecular formula is C14H32O6. The van der Waals surface area contributed by atoms with Gasteiger partial charge in [0.15, 0.2) is 6.29 Å². The van der Waals surface area contributed by atoms with E-state index in [1.165, 1.54) is 0 Å². The summed E-state index contributed by atoms with van der Waals surface area (Å²) in [6.45, 7) is 10.6. The third-order valence-electron chi connectivity index (χ3n) is 2.20. The van der Waals surface area contributed by atoms with Gasteiger partial charge in [-0.25, -0.2) is 0 Å². The quantitative estimate of drug-likeness (QED) is 0.520. The topological polar surface area (TPSA) is 88.4 Å². The van der Waals surface area contributed by atoms with Crippen LogP contribution in [0.4, 0.5) is 0 Å². The van der Waals surface area contributed by atoms with Crippen LogP contribution < -0.4 is 0 Å². The molecule has 0 heterocycles. The summed E-state index contributed by atoms with van der Waals surface area (Å²) >= 11 is 0. The normalized spacial score (nSPS) is 16.8. The zero-order chi connectivity index (χ0) is 16.0. The first-order valence-electron chi connectivity index (χ1n) is 7.19. The van der Waals surface area contributed by atoms with Crippen LogP contribution in [0.15, 0.2) is 0 Å². The molecule has 0 aliphatic heterocycles. The fourth-order valence-electron chi connectivity index (χ4n) is 1.05. The number of hydrogen-bond donors (Lipinski definition) is 3. The lowest BCUT2D eigenvalue weighted by molar-refractivity contribution is -0.127. The number of aliphatic hydroxyl groups excluding tert-OH is 3. The van der Waals surface area contributed by atoms with Gasteiger partial charge in [0, 0.05) is 6.61 Å². The van der Waals surface area contributed by atoms with Gasteiger partial charge in [0.05, 0.1) is 38.1 Å². The molecule has 0 saturated carbocycles. The van der Waals surface area contributed by atoms with Crippen molar-refractivity contribution in [3.05, 3.63) is 0 Å². The fraction of sp³-hybridized carbons (Fsp3) is 1.00. The minimum absolute atomic E-state index is 0.00667. The first kappa shape index (κ1) is 22.0. The lowest BCUT2D eigenvalue weighted by atomic mass is 10.4. The second kappa shape index (κ2) is 15.2. The Bertz CT molecular complexity index is 189. The molecule has 6 nitrogen and oxygen atoms in total. The molecule has 124 valence electrons. The van der Waals surface area contributed by atoms with Crippen molar-refractivity contribution in [3.8, 4) is 0 Å². The predicted octanol–water partition coefficient (Wildman–Crippen LogP) is 0.921. The van der Waals surface area contributed by atoms with Gasteiger partial charge in [-0.2, -0.15) is 0 Å². The molecule has 4 atom stereocenters. The summed E-state index contributed by atoms with van der Waals surface area (Å²) in [5.41, 5.74) is 0. The van der Waals surface area contributed by atoms with E-state index in [1.54, 1.807) is 13.8 Å². The molecule has 0 saturated heterocycles. The van der Waals surface area contributed by atoms with Gasteiger partial charge in [-0.05, 0) is 34.1 Å². The van der Waals surface area contributed by atoms with Gasteiger partial charge < -0.3 is 29.5 Å². The molecule has 6 heteroatoms. The highest BCUT2D eigenvalue weighted by Gasteiger charge is 2.04. The Hall–Kier alpha value is -0.240. The van der Waals surface area contributed by atoms with Crippen LogP contribution in [0.25, 0.3) is 0 Å². The Morgan fingerprint density at radius 1 is 0.850 bits per heavy atom. The molecule has 4 unspecified atom stereocenters. The lowest BCUT2D eigenvalue weighted by Gasteiger charge is -2.14. The van der Waals surface area contributed by atoms with Crippen molar-refractivity contribution < 1.29 is 29.5 Å². The minimum Gasteiger partial charge on any atom is -0.394 e. The van der Waals surface area contributed by atoms with Gasteiger partial charge in [-0.3, -0.25) is 0 Å². The van der Waals surface area contributed by atoms with Gasteiger partial charge in [0.2, 0.25) is 0 Å². The number of rotatable bonds is 10. The van der Waals surface area contributed by atoms with Crippen LogP contribution in [-0.2, 0) is 14.2 Å². The third kappa shape index (κ3) is 17.8. The summed E-state index contributed by atoms with van der Waals surface area (Å²) in [7, 11) is 0. The van der Waals surface area contributed by atoms with Gasteiger partial charge in [0.1, 0.15) is 0 Å². The van der Waals surface area contributed by atoms with Crippen molar-refractivity contribution in [1.82, 2.24) is 0 Å². The first-order valence-corrected chi connectivity index (χ1v) is 7.19. The smallest absolute Gasteiger partial charge is 0.154 e. The molecule has 0 spiro atoms. The largest absolute Gasteiger partial charge is 0.394 e. The average molecular weight is 296 g/mol. The van der Waals surface area contributed by atoms with Crippen molar-refractivity contribution in [3.63, 3.8) is 0 Å². The van der Waals surface area contributed by atoms with Crippen molar-refractivity contribution >= 4 is 0 Å². The molecule has 3 N–H and O–H groups in total. The highest BCUT2D eigenvalue weighted by molar-refractivity contribution is 4.48. The first-order chi connectivity index (χ1) is 9.37. The second-order valence-electron chi connectivity index (χ2n) is 4.64. The summed E-state index contributed by atoms with van der Waals surface area (Å²) in [5.74, 6) is 0. The van der Waals surface area contributed by atoms with E-state index in [9.17, 15) is 0 Å². The van der Waals surface area contributed by atoms with E-state index in [4.69, 9.17) is 29.5 Å². The van der Waals surface area contributed by atoms with E-state index in [0.717, 1.165) is 0 Å². The number of ether oxygens (including phenoxy) is 3. The Morgan fingerprint density at radius 3 is 1.85 bits per heavy atom. The van der Waals surface area contributed by atoms with E-state index in [-0.39, 0.29) is 18.8 Å². The molecular weight excluding hydrogens is 264 g/mol. The molecule has 0 radical (unpaired) electrons. The standard InChI is InChI=1S/C8H18O3.C6H14O3/c1-4-8(9)11-6-7(3)10-5-2;1-5(8)4-9-6(2)3-7/h7-9H,4-6H2,1-3H3;5-8H,3-4H2,1-2H3. The van der Waals surface area contributed by atoms with Crippen molar-refractivity contribution in [2.24, 2.45) is 0 Å². The van der Waals surface area contributed by atoms with Crippen LogP contribution in [0.3, 0.4) is 0 Å². The summed E-state index contributed by atoms with van der Waals surface area (Å²) in [6, 6.07) is 0. The van der Waals surface area contributed by atoms with Crippen LogP contribution in [0.1, 0.15) is 41.0 Å². The highest BCUT2D eigenvalue weighted by Crippen LogP contribution is 1.97. The third-order valence-corrected chi connectivity index (χ3v) is 2.20. The van der Waals surface area contributed by atoms with Crippen LogP contribution >= 0.6 is 0 Å². The Balaban J connectivity index is 0. The fourth-order valence-corrected chi connectivity index (χ4v) is 1.05. The van der Waals surface area contributed by atoms with Crippen LogP contribution in [0, 0.1) is 0 Å². The Kier molecular flexibility index (Phi) is 16.7. The molecule has 0 aromatic carbocycles. The maximum Gasteiger partial charge on any atom is 0.154 e. The lowest BCUT2D eigenvalue weighted by Crippen LogP contribution is -2.21. The maximum absolute atomic E-state index is 9.00. The maximum atomic E-state index is 9.00. The monoisotopic (exact) mass is 296 g/mol. The average Bonchev–Trinajstić information content (AvgIpc) is 2.43. The second-order valence-corrected chi connectivity index (χ2v) is 4.64. The van der Waals surface area contributed by atoms with Crippen LogP contribution in [0.2, 0.25) is 0 Å². The van der Waals surface area contributed by atoms with E-state index in [0.29, 0.717) is 26.2 Å². The summed E-state index contributed by atoms with van der Waals surface area (Å²) < 4.78 is 15.2.